The summed E-state index contributed by atoms with van der Waals surface area (Å²) in [5.74, 6) is 2.46. The van der Waals surface area contributed by atoms with Gasteiger partial charge in [0.05, 0.1) is 12.4 Å². The third-order valence-electron chi connectivity index (χ3n) is 2.64. The Kier molecular flexibility index (Phi) is 3.97. The van der Waals surface area contributed by atoms with Crippen LogP contribution in [0.25, 0.3) is 0 Å². The van der Waals surface area contributed by atoms with Crippen LogP contribution in [0, 0.1) is 12.3 Å². The van der Waals surface area contributed by atoms with E-state index in [1.165, 1.54) is 0 Å². The highest BCUT2D eigenvalue weighted by molar-refractivity contribution is 4.83. The monoisotopic (exact) mass is 220 g/mol. The fourth-order valence-electron chi connectivity index (χ4n) is 1.89. The molecule has 2 rings (SSSR count). The summed E-state index contributed by atoms with van der Waals surface area (Å²) in [6, 6.07) is 0. The van der Waals surface area contributed by atoms with E-state index in [1.807, 2.05) is 10.8 Å². The molecular weight excluding hydrogens is 204 g/mol. The number of terminal acetylenes is 1. The zero-order valence-corrected chi connectivity index (χ0v) is 9.21. The second-order valence-electron chi connectivity index (χ2n) is 3.89. The Morgan fingerprint density at radius 2 is 2.50 bits per heavy atom. The van der Waals surface area contributed by atoms with Crippen LogP contribution in [0.3, 0.4) is 0 Å². The summed E-state index contributed by atoms with van der Waals surface area (Å²) in [5.41, 5.74) is 0. The summed E-state index contributed by atoms with van der Waals surface area (Å²) in [5, 5.41) is 0. The zero-order chi connectivity index (χ0) is 11.2. The number of ether oxygens (including phenoxy) is 2. The fraction of sp³-hybridized carbons (Fsp3) is 0.583. The van der Waals surface area contributed by atoms with Gasteiger partial charge in [0.25, 0.3) is 0 Å². The molecule has 0 saturated carbocycles. The van der Waals surface area contributed by atoms with E-state index in [4.69, 9.17) is 15.9 Å². The van der Waals surface area contributed by atoms with Crippen LogP contribution in [0.15, 0.2) is 18.7 Å². The molecule has 2 heterocycles. The molecule has 1 saturated heterocycles. The molecule has 1 aromatic heterocycles. The van der Waals surface area contributed by atoms with Crippen LogP contribution < -0.4 is 0 Å². The van der Waals surface area contributed by atoms with Gasteiger partial charge in [-0.25, -0.2) is 4.98 Å². The third-order valence-corrected chi connectivity index (χ3v) is 2.64. The number of rotatable bonds is 4. The molecule has 86 valence electrons. The van der Waals surface area contributed by atoms with Gasteiger partial charge < -0.3 is 14.0 Å². The Balaban J connectivity index is 1.80. The first-order chi connectivity index (χ1) is 7.88. The summed E-state index contributed by atoms with van der Waals surface area (Å²) in [6.45, 7) is 1.15. The van der Waals surface area contributed by atoms with E-state index in [-0.39, 0.29) is 12.4 Å². The number of nitrogens with zero attached hydrogens (tertiary/aromatic N) is 2. The molecule has 4 nitrogen and oxygen atoms in total. The molecule has 1 fully saturated rings. The van der Waals surface area contributed by atoms with Crippen LogP contribution in [0.1, 0.15) is 19.3 Å². The van der Waals surface area contributed by atoms with Gasteiger partial charge >= 0.3 is 0 Å². The Labute approximate surface area is 95.6 Å². The van der Waals surface area contributed by atoms with E-state index >= 15 is 0 Å². The number of imidazole rings is 1. The minimum Gasteiger partial charge on any atom is -0.348 e. The highest BCUT2D eigenvalue weighted by Gasteiger charge is 2.22. The van der Waals surface area contributed by atoms with Crippen molar-refractivity contribution in [2.75, 3.05) is 6.61 Å². The smallest absolute Gasteiger partial charge is 0.159 e. The molecule has 0 N–H and O–H groups in total. The molecule has 0 radical (unpaired) electrons. The van der Waals surface area contributed by atoms with Crippen molar-refractivity contribution < 1.29 is 9.47 Å². The van der Waals surface area contributed by atoms with Gasteiger partial charge in [-0.3, -0.25) is 0 Å². The zero-order valence-electron chi connectivity index (χ0n) is 9.21. The van der Waals surface area contributed by atoms with Crippen LogP contribution in [0.4, 0.5) is 0 Å². The Morgan fingerprint density at radius 1 is 1.56 bits per heavy atom. The van der Waals surface area contributed by atoms with Crippen LogP contribution in [-0.4, -0.2) is 28.6 Å². The van der Waals surface area contributed by atoms with Crippen LogP contribution in [0.5, 0.6) is 0 Å². The van der Waals surface area contributed by atoms with E-state index in [0.717, 1.165) is 25.8 Å². The summed E-state index contributed by atoms with van der Waals surface area (Å²) in [6.07, 6.45) is 13.8. The molecule has 2 atom stereocenters. The average molecular weight is 220 g/mol. The molecule has 16 heavy (non-hydrogen) atoms. The van der Waals surface area contributed by atoms with Crippen LogP contribution >= 0.6 is 0 Å². The molecule has 0 amide bonds. The molecule has 1 aliphatic heterocycles. The normalized spacial score (nSPS) is 25.2. The highest BCUT2D eigenvalue weighted by atomic mass is 16.7. The number of hydrogen-bond acceptors (Lipinski definition) is 3. The summed E-state index contributed by atoms with van der Waals surface area (Å²) >= 11 is 0. The lowest BCUT2D eigenvalue weighted by Crippen LogP contribution is -2.32. The molecular formula is C12H16N2O2. The standard InChI is InChI=1S/C12H16N2O2/c1-2-8-15-12-5-3-4-11(16-12)9-14-7-6-13-10-14/h1,6-7,10-12H,3-5,8-9H2/t11-,12-/m1/s1. The van der Waals surface area contributed by atoms with Gasteiger partial charge in [-0.05, 0) is 19.3 Å². The van der Waals surface area contributed by atoms with Crippen molar-refractivity contribution in [1.82, 2.24) is 9.55 Å². The largest absolute Gasteiger partial charge is 0.348 e. The van der Waals surface area contributed by atoms with Crippen molar-refractivity contribution in [3.8, 4) is 12.3 Å². The lowest BCUT2D eigenvalue weighted by molar-refractivity contribution is -0.189. The highest BCUT2D eigenvalue weighted by Crippen LogP contribution is 2.20. The first kappa shape index (κ1) is 11.2. The Hall–Kier alpha value is -1.31. The van der Waals surface area contributed by atoms with Crippen LogP contribution in [0.2, 0.25) is 0 Å². The summed E-state index contributed by atoms with van der Waals surface area (Å²) in [7, 11) is 0. The maximum atomic E-state index is 5.80. The second kappa shape index (κ2) is 5.69. The van der Waals surface area contributed by atoms with Gasteiger partial charge in [0.1, 0.15) is 6.61 Å². The van der Waals surface area contributed by atoms with Gasteiger partial charge in [0.2, 0.25) is 0 Å². The molecule has 0 aromatic carbocycles. The molecule has 0 spiro atoms. The number of aromatic nitrogens is 2. The predicted molar refractivity (Wildman–Crippen MR) is 59.5 cm³/mol. The van der Waals surface area contributed by atoms with Crippen molar-refractivity contribution in [2.45, 2.75) is 38.2 Å². The van der Waals surface area contributed by atoms with Crippen LogP contribution in [-0.2, 0) is 16.0 Å². The quantitative estimate of drug-likeness (QED) is 0.720. The van der Waals surface area contributed by atoms with E-state index in [1.54, 1.807) is 12.5 Å². The molecule has 1 aromatic rings. The molecule has 0 unspecified atom stereocenters. The molecule has 0 bridgehead atoms. The SMILES string of the molecule is C#CCO[C@H]1CCC[C@H](Cn2ccnc2)O1. The van der Waals surface area contributed by atoms with Gasteiger partial charge in [-0.1, -0.05) is 5.92 Å². The second-order valence-corrected chi connectivity index (χ2v) is 3.89. The van der Waals surface area contributed by atoms with Gasteiger partial charge in [0.15, 0.2) is 6.29 Å². The minimum atomic E-state index is -0.140. The summed E-state index contributed by atoms with van der Waals surface area (Å²) in [4.78, 5) is 4.01. The average Bonchev–Trinajstić information content (AvgIpc) is 2.80. The Bertz CT molecular complexity index is 342. The lowest BCUT2D eigenvalue weighted by Gasteiger charge is -2.29. The first-order valence-corrected chi connectivity index (χ1v) is 5.55. The van der Waals surface area contributed by atoms with E-state index in [2.05, 4.69) is 10.9 Å². The maximum absolute atomic E-state index is 5.80. The maximum Gasteiger partial charge on any atom is 0.159 e. The van der Waals surface area contributed by atoms with Gasteiger partial charge in [-0.2, -0.15) is 0 Å². The lowest BCUT2D eigenvalue weighted by atomic mass is 10.1. The first-order valence-electron chi connectivity index (χ1n) is 5.55. The van der Waals surface area contributed by atoms with E-state index in [0.29, 0.717) is 6.61 Å². The van der Waals surface area contributed by atoms with Gasteiger partial charge in [-0.15, -0.1) is 6.42 Å². The van der Waals surface area contributed by atoms with Crippen molar-refractivity contribution >= 4 is 0 Å². The van der Waals surface area contributed by atoms with Crippen molar-refractivity contribution in [3.05, 3.63) is 18.7 Å². The van der Waals surface area contributed by atoms with E-state index < -0.39 is 0 Å². The summed E-state index contributed by atoms with van der Waals surface area (Å²) < 4.78 is 13.2. The van der Waals surface area contributed by atoms with Crippen molar-refractivity contribution in [1.29, 1.82) is 0 Å². The minimum absolute atomic E-state index is 0.140. The fourth-order valence-corrected chi connectivity index (χ4v) is 1.89. The van der Waals surface area contributed by atoms with Crippen molar-refractivity contribution in [2.24, 2.45) is 0 Å². The topological polar surface area (TPSA) is 36.3 Å². The van der Waals surface area contributed by atoms with Gasteiger partial charge in [0, 0.05) is 18.9 Å². The molecule has 1 aliphatic rings. The Morgan fingerprint density at radius 3 is 3.25 bits per heavy atom. The van der Waals surface area contributed by atoms with E-state index in [9.17, 15) is 0 Å². The molecule has 0 aliphatic carbocycles. The van der Waals surface area contributed by atoms with Crippen molar-refractivity contribution in [3.63, 3.8) is 0 Å². The predicted octanol–water partition coefficient (Wildman–Crippen LogP) is 1.43. The molecule has 4 heteroatoms. The number of hydrogen-bond donors (Lipinski definition) is 0. The third kappa shape index (κ3) is 3.09.